The molecule has 0 amide bonds. The summed E-state index contributed by atoms with van der Waals surface area (Å²) in [5.74, 6) is 0. The topological polar surface area (TPSA) is 68.7 Å². The molecule has 0 saturated carbocycles. The van der Waals surface area contributed by atoms with Gasteiger partial charge in [-0.05, 0) is 41.9 Å². The molecule has 0 saturated heterocycles. The SMILES string of the molecule is C[Si](C)(C)CCOCn1ccc2c(-c3cnn(-c4cccc(C#N)c4)c3)ccnc21. The van der Waals surface area contributed by atoms with Gasteiger partial charge in [-0.25, -0.2) is 9.67 Å². The quantitative estimate of drug-likeness (QED) is 0.312. The molecule has 0 aliphatic carbocycles. The second kappa shape index (κ2) is 8.26. The second-order valence-electron chi connectivity index (χ2n) is 8.57. The van der Waals surface area contributed by atoms with Gasteiger partial charge < -0.3 is 9.30 Å². The molecule has 0 N–H and O–H groups in total. The Balaban J connectivity index is 1.58. The molecule has 7 heteroatoms. The van der Waals surface area contributed by atoms with Crippen LogP contribution in [-0.2, 0) is 11.5 Å². The molecule has 0 unspecified atom stereocenters. The highest BCUT2D eigenvalue weighted by Gasteiger charge is 2.13. The maximum absolute atomic E-state index is 9.13. The first-order valence-corrected chi connectivity index (χ1v) is 13.7. The van der Waals surface area contributed by atoms with Crippen molar-refractivity contribution in [2.45, 2.75) is 32.4 Å². The van der Waals surface area contributed by atoms with Gasteiger partial charge >= 0.3 is 0 Å². The number of pyridine rings is 1. The predicted molar refractivity (Wildman–Crippen MR) is 121 cm³/mol. The van der Waals surface area contributed by atoms with Crippen LogP contribution >= 0.6 is 0 Å². The van der Waals surface area contributed by atoms with Gasteiger partial charge in [0, 0.05) is 44.2 Å². The highest BCUT2D eigenvalue weighted by Crippen LogP contribution is 2.28. The van der Waals surface area contributed by atoms with Crippen molar-refractivity contribution in [2.75, 3.05) is 6.61 Å². The lowest BCUT2D eigenvalue weighted by Crippen LogP contribution is -2.22. The molecule has 1 aromatic carbocycles. The minimum absolute atomic E-state index is 0.505. The van der Waals surface area contributed by atoms with E-state index in [2.05, 4.69) is 41.9 Å². The van der Waals surface area contributed by atoms with Crippen LogP contribution in [0.4, 0.5) is 0 Å². The van der Waals surface area contributed by atoms with Crippen LogP contribution < -0.4 is 0 Å². The van der Waals surface area contributed by atoms with Gasteiger partial charge in [0.25, 0.3) is 0 Å². The minimum atomic E-state index is -1.09. The van der Waals surface area contributed by atoms with E-state index in [1.54, 1.807) is 10.7 Å². The molecule has 152 valence electrons. The number of nitriles is 1. The largest absolute Gasteiger partial charge is 0.361 e. The van der Waals surface area contributed by atoms with Crippen molar-refractivity contribution in [1.29, 1.82) is 5.26 Å². The number of rotatable bonds is 7. The molecule has 0 fully saturated rings. The third kappa shape index (κ3) is 4.35. The van der Waals surface area contributed by atoms with Crippen molar-refractivity contribution in [3.8, 4) is 22.9 Å². The van der Waals surface area contributed by atoms with E-state index >= 15 is 0 Å². The van der Waals surface area contributed by atoms with Gasteiger partial charge in [-0.3, -0.25) is 0 Å². The van der Waals surface area contributed by atoms with E-state index in [1.807, 2.05) is 53.6 Å². The average Bonchev–Trinajstić information content (AvgIpc) is 3.38. The van der Waals surface area contributed by atoms with E-state index in [0.29, 0.717) is 12.3 Å². The Bertz CT molecular complexity index is 1210. The zero-order chi connectivity index (χ0) is 21.1. The average molecular weight is 416 g/mol. The number of ether oxygens (including phenoxy) is 1. The summed E-state index contributed by atoms with van der Waals surface area (Å²) >= 11 is 0. The summed E-state index contributed by atoms with van der Waals surface area (Å²) < 4.78 is 9.74. The van der Waals surface area contributed by atoms with Crippen molar-refractivity contribution in [3.05, 3.63) is 66.7 Å². The van der Waals surface area contributed by atoms with Crippen LogP contribution in [0.1, 0.15) is 5.56 Å². The third-order valence-corrected chi connectivity index (χ3v) is 6.73. The number of benzene rings is 1. The molecular formula is C23H25N5OSi. The number of fused-ring (bicyclic) bond motifs is 1. The molecule has 0 aliphatic heterocycles. The number of hydrogen-bond acceptors (Lipinski definition) is 4. The van der Waals surface area contributed by atoms with Crippen molar-refractivity contribution in [1.82, 2.24) is 19.3 Å². The Kier molecular flexibility index (Phi) is 5.53. The van der Waals surface area contributed by atoms with Crippen molar-refractivity contribution in [2.24, 2.45) is 0 Å². The number of aromatic nitrogens is 4. The first-order chi connectivity index (χ1) is 14.4. The molecule has 0 radical (unpaired) electrons. The first-order valence-electron chi connectivity index (χ1n) is 10.0. The zero-order valence-electron chi connectivity index (χ0n) is 17.5. The smallest absolute Gasteiger partial charge is 0.142 e. The normalized spacial score (nSPS) is 11.7. The Hall–Kier alpha value is -3.21. The Morgan fingerprint density at radius 3 is 2.83 bits per heavy atom. The molecule has 0 bridgehead atoms. The van der Waals surface area contributed by atoms with Crippen LogP contribution in [0.15, 0.2) is 61.2 Å². The molecule has 30 heavy (non-hydrogen) atoms. The summed E-state index contributed by atoms with van der Waals surface area (Å²) in [6.45, 7) is 8.35. The van der Waals surface area contributed by atoms with Gasteiger partial charge in [0.05, 0.1) is 23.5 Å². The zero-order valence-corrected chi connectivity index (χ0v) is 18.5. The number of hydrogen-bond donors (Lipinski definition) is 0. The molecule has 0 aliphatic rings. The molecule has 0 spiro atoms. The highest BCUT2D eigenvalue weighted by atomic mass is 28.3. The lowest BCUT2D eigenvalue weighted by atomic mass is 10.1. The van der Waals surface area contributed by atoms with Gasteiger partial charge in [-0.1, -0.05) is 25.7 Å². The summed E-state index contributed by atoms with van der Waals surface area (Å²) in [6, 6.07) is 14.8. The Labute approximate surface area is 177 Å². The van der Waals surface area contributed by atoms with E-state index in [1.165, 1.54) is 0 Å². The van der Waals surface area contributed by atoms with Crippen LogP contribution in [-0.4, -0.2) is 34.0 Å². The summed E-state index contributed by atoms with van der Waals surface area (Å²) in [6.07, 6.45) is 7.67. The minimum Gasteiger partial charge on any atom is -0.361 e. The van der Waals surface area contributed by atoms with Gasteiger partial charge in [-0.15, -0.1) is 0 Å². The van der Waals surface area contributed by atoms with Gasteiger partial charge in [0.2, 0.25) is 0 Å². The summed E-state index contributed by atoms with van der Waals surface area (Å²) in [7, 11) is -1.09. The van der Waals surface area contributed by atoms with Gasteiger partial charge in [-0.2, -0.15) is 10.4 Å². The van der Waals surface area contributed by atoms with Crippen molar-refractivity contribution < 1.29 is 4.74 Å². The van der Waals surface area contributed by atoms with Crippen molar-refractivity contribution >= 4 is 19.1 Å². The lowest BCUT2D eigenvalue weighted by Gasteiger charge is -2.15. The molecule has 3 aromatic heterocycles. The van der Waals surface area contributed by atoms with Crippen molar-refractivity contribution in [3.63, 3.8) is 0 Å². The van der Waals surface area contributed by atoms with E-state index in [9.17, 15) is 0 Å². The fourth-order valence-corrected chi connectivity index (χ4v) is 4.07. The molecule has 0 atom stereocenters. The standard InChI is InChI=1S/C23H25N5OSi/c1-30(2,3)12-11-29-17-27-10-8-22-21(7-9-25-23(22)27)19-15-26-28(16-19)20-6-4-5-18(13-20)14-24/h4-10,13,15-16H,11-12,17H2,1-3H3. The molecule has 6 nitrogen and oxygen atoms in total. The van der Waals surface area contributed by atoms with Crippen LogP contribution in [0.3, 0.4) is 0 Å². The Morgan fingerprint density at radius 2 is 2.03 bits per heavy atom. The van der Waals surface area contributed by atoms with E-state index in [4.69, 9.17) is 10.00 Å². The fraction of sp³-hybridized carbons (Fsp3) is 0.261. The van der Waals surface area contributed by atoms with E-state index < -0.39 is 8.07 Å². The fourth-order valence-electron chi connectivity index (χ4n) is 3.31. The Morgan fingerprint density at radius 1 is 1.17 bits per heavy atom. The summed E-state index contributed by atoms with van der Waals surface area (Å²) in [5, 5.41) is 14.7. The van der Waals surface area contributed by atoms with Gasteiger partial charge in [0.15, 0.2) is 0 Å². The molecule has 3 heterocycles. The van der Waals surface area contributed by atoms with E-state index in [-0.39, 0.29) is 0 Å². The summed E-state index contributed by atoms with van der Waals surface area (Å²) in [5.41, 5.74) is 4.45. The van der Waals surface area contributed by atoms with Crippen LogP contribution in [0.2, 0.25) is 25.7 Å². The molecule has 4 aromatic rings. The maximum Gasteiger partial charge on any atom is 0.142 e. The monoisotopic (exact) mass is 415 g/mol. The van der Waals surface area contributed by atoms with Crippen LogP contribution in [0.25, 0.3) is 27.8 Å². The van der Waals surface area contributed by atoms with Crippen LogP contribution in [0, 0.1) is 11.3 Å². The third-order valence-electron chi connectivity index (χ3n) is 5.02. The molecule has 4 rings (SSSR count). The second-order valence-corrected chi connectivity index (χ2v) is 14.2. The first kappa shape index (κ1) is 20.1. The van der Waals surface area contributed by atoms with Crippen LogP contribution in [0.5, 0.6) is 0 Å². The molecular weight excluding hydrogens is 390 g/mol. The summed E-state index contributed by atoms with van der Waals surface area (Å²) in [4.78, 5) is 4.57. The van der Waals surface area contributed by atoms with E-state index in [0.717, 1.165) is 40.5 Å². The predicted octanol–water partition coefficient (Wildman–Crippen LogP) is 5.07. The highest BCUT2D eigenvalue weighted by molar-refractivity contribution is 6.76. The van der Waals surface area contributed by atoms with Gasteiger partial charge in [0.1, 0.15) is 12.4 Å². The number of nitrogens with zero attached hydrogens (tertiary/aromatic N) is 5. The lowest BCUT2D eigenvalue weighted by molar-refractivity contribution is 0.0899. The maximum atomic E-state index is 9.13.